The van der Waals surface area contributed by atoms with Gasteiger partial charge in [0, 0.05) is 9.79 Å². The fraction of sp³-hybridized carbons (Fsp3) is 0.250. The van der Waals surface area contributed by atoms with Crippen molar-refractivity contribution in [1.82, 2.24) is 0 Å². The Morgan fingerprint density at radius 3 is 2.82 bits per heavy atom. The largest absolute Gasteiger partial charge is 0.372 e. The first kappa shape index (κ1) is 7.53. The van der Waals surface area contributed by atoms with Crippen molar-refractivity contribution in [3.63, 3.8) is 0 Å². The van der Waals surface area contributed by atoms with Gasteiger partial charge in [0.25, 0.3) is 0 Å². The van der Waals surface area contributed by atoms with E-state index in [0.29, 0.717) is 13.2 Å². The van der Waals surface area contributed by atoms with Crippen LogP contribution in [0.25, 0.3) is 0 Å². The minimum atomic E-state index is 0.697. The highest BCUT2D eigenvalue weighted by molar-refractivity contribution is 7.81. The first-order valence-corrected chi connectivity index (χ1v) is 4.28. The quantitative estimate of drug-likeness (QED) is 0.588. The summed E-state index contributed by atoms with van der Waals surface area (Å²) >= 11 is 8.58. The molecule has 11 heavy (non-hydrogen) atoms. The zero-order valence-corrected chi connectivity index (χ0v) is 7.66. The zero-order chi connectivity index (χ0) is 7.84. The molecular weight excluding hydrogens is 176 g/mol. The van der Waals surface area contributed by atoms with Crippen LogP contribution in [0.15, 0.2) is 21.9 Å². The number of hydrogen-bond donors (Lipinski definition) is 2. The van der Waals surface area contributed by atoms with Crippen LogP contribution >= 0.6 is 25.3 Å². The van der Waals surface area contributed by atoms with Gasteiger partial charge in [-0.3, -0.25) is 0 Å². The normalized spacial score (nSPS) is 15.1. The first-order chi connectivity index (χ1) is 5.27. The van der Waals surface area contributed by atoms with Gasteiger partial charge in [-0.25, -0.2) is 0 Å². The molecule has 1 aromatic carbocycles. The second kappa shape index (κ2) is 2.73. The van der Waals surface area contributed by atoms with Gasteiger partial charge in [-0.2, -0.15) is 0 Å². The highest BCUT2D eigenvalue weighted by Gasteiger charge is 2.13. The Hall–Kier alpha value is -0.120. The molecule has 3 heteroatoms. The molecule has 0 fully saturated rings. The molecule has 2 rings (SSSR count). The average molecular weight is 184 g/mol. The van der Waals surface area contributed by atoms with Crippen molar-refractivity contribution in [2.45, 2.75) is 23.0 Å². The Bertz CT molecular complexity index is 296. The van der Waals surface area contributed by atoms with Crippen LogP contribution in [0.1, 0.15) is 11.1 Å². The SMILES string of the molecule is Sc1cc(S)c2c(c1)COC2. The molecular formula is C8H8OS2. The molecule has 0 radical (unpaired) electrons. The topological polar surface area (TPSA) is 9.23 Å². The predicted octanol–water partition coefficient (Wildman–Crippen LogP) is 2.29. The van der Waals surface area contributed by atoms with Crippen molar-refractivity contribution in [3.8, 4) is 0 Å². The van der Waals surface area contributed by atoms with Crippen molar-refractivity contribution in [2.75, 3.05) is 0 Å². The zero-order valence-electron chi connectivity index (χ0n) is 5.87. The lowest BCUT2D eigenvalue weighted by atomic mass is 10.1. The first-order valence-electron chi connectivity index (χ1n) is 3.39. The van der Waals surface area contributed by atoms with Crippen LogP contribution in [0.3, 0.4) is 0 Å². The minimum absolute atomic E-state index is 0.697. The molecule has 0 N–H and O–H groups in total. The van der Waals surface area contributed by atoms with E-state index in [1.807, 2.05) is 12.1 Å². The average Bonchev–Trinajstić information content (AvgIpc) is 2.34. The Morgan fingerprint density at radius 2 is 2.00 bits per heavy atom. The van der Waals surface area contributed by atoms with Gasteiger partial charge >= 0.3 is 0 Å². The van der Waals surface area contributed by atoms with Gasteiger partial charge in [0.1, 0.15) is 0 Å². The second-order valence-electron chi connectivity index (χ2n) is 2.60. The van der Waals surface area contributed by atoms with Crippen LogP contribution in [-0.2, 0) is 18.0 Å². The third-order valence-electron chi connectivity index (χ3n) is 1.81. The third kappa shape index (κ3) is 1.28. The van der Waals surface area contributed by atoms with Crippen LogP contribution < -0.4 is 0 Å². The molecule has 0 aliphatic carbocycles. The maximum absolute atomic E-state index is 5.27. The molecule has 0 amide bonds. The van der Waals surface area contributed by atoms with E-state index in [0.717, 1.165) is 9.79 Å². The number of benzene rings is 1. The van der Waals surface area contributed by atoms with Crippen LogP contribution in [0.4, 0.5) is 0 Å². The van der Waals surface area contributed by atoms with Crippen molar-refractivity contribution in [2.24, 2.45) is 0 Å². The Labute approximate surface area is 76.6 Å². The van der Waals surface area contributed by atoms with E-state index in [2.05, 4.69) is 25.3 Å². The number of fused-ring (bicyclic) bond motifs is 1. The summed E-state index contributed by atoms with van der Waals surface area (Å²) in [6.07, 6.45) is 0. The number of thiol groups is 2. The van der Waals surface area contributed by atoms with Gasteiger partial charge in [-0.05, 0) is 23.3 Å². The Morgan fingerprint density at radius 1 is 1.18 bits per heavy atom. The number of ether oxygens (including phenoxy) is 1. The summed E-state index contributed by atoms with van der Waals surface area (Å²) in [6.45, 7) is 1.40. The van der Waals surface area contributed by atoms with Crippen LogP contribution in [0.5, 0.6) is 0 Å². The summed E-state index contributed by atoms with van der Waals surface area (Å²) in [5, 5.41) is 0. The fourth-order valence-electron chi connectivity index (χ4n) is 1.26. The smallest absolute Gasteiger partial charge is 0.0735 e. The predicted molar refractivity (Wildman–Crippen MR) is 49.4 cm³/mol. The second-order valence-corrected chi connectivity index (χ2v) is 3.59. The molecule has 1 nitrogen and oxygen atoms in total. The van der Waals surface area contributed by atoms with E-state index < -0.39 is 0 Å². The van der Waals surface area contributed by atoms with E-state index in [4.69, 9.17) is 4.74 Å². The van der Waals surface area contributed by atoms with E-state index in [1.165, 1.54) is 11.1 Å². The fourth-order valence-corrected chi connectivity index (χ4v) is 1.99. The summed E-state index contributed by atoms with van der Waals surface area (Å²) in [6, 6.07) is 3.98. The summed E-state index contributed by atoms with van der Waals surface area (Å²) < 4.78 is 5.27. The number of rotatable bonds is 0. The summed E-state index contributed by atoms with van der Waals surface area (Å²) in [4.78, 5) is 1.95. The molecule has 0 spiro atoms. The van der Waals surface area contributed by atoms with Crippen LogP contribution in [0.2, 0.25) is 0 Å². The van der Waals surface area contributed by atoms with E-state index >= 15 is 0 Å². The van der Waals surface area contributed by atoms with Crippen molar-refractivity contribution in [3.05, 3.63) is 23.3 Å². The molecule has 58 valence electrons. The molecule has 0 bridgehead atoms. The van der Waals surface area contributed by atoms with Gasteiger partial charge in [-0.1, -0.05) is 0 Å². The highest BCUT2D eigenvalue weighted by atomic mass is 32.1. The van der Waals surface area contributed by atoms with Gasteiger partial charge in [0.05, 0.1) is 13.2 Å². The monoisotopic (exact) mass is 184 g/mol. The van der Waals surface area contributed by atoms with Gasteiger partial charge in [-0.15, -0.1) is 25.3 Å². The van der Waals surface area contributed by atoms with Gasteiger partial charge in [0.2, 0.25) is 0 Å². The number of hydrogen-bond acceptors (Lipinski definition) is 3. The summed E-state index contributed by atoms with van der Waals surface area (Å²) in [5.74, 6) is 0. The molecule has 1 heterocycles. The molecule has 0 unspecified atom stereocenters. The van der Waals surface area contributed by atoms with E-state index in [1.54, 1.807) is 0 Å². The third-order valence-corrected chi connectivity index (χ3v) is 2.46. The van der Waals surface area contributed by atoms with E-state index in [-0.39, 0.29) is 0 Å². The van der Waals surface area contributed by atoms with Crippen molar-refractivity contribution < 1.29 is 4.74 Å². The lowest BCUT2D eigenvalue weighted by Crippen LogP contribution is -1.84. The molecule has 0 saturated heterocycles. The summed E-state index contributed by atoms with van der Waals surface area (Å²) in [7, 11) is 0. The molecule has 0 saturated carbocycles. The van der Waals surface area contributed by atoms with E-state index in [9.17, 15) is 0 Å². The molecule has 1 aromatic rings. The lowest BCUT2D eigenvalue weighted by molar-refractivity contribution is 0.133. The standard InChI is InChI=1S/C8H8OS2/c10-6-1-5-3-9-4-7(5)8(11)2-6/h1-2,10-11H,3-4H2. The summed E-state index contributed by atoms with van der Waals surface area (Å²) in [5.41, 5.74) is 2.44. The lowest BCUT2D eigenvalue weighted by Gasteiger charge is -2.01. The maximum Gasteiger partial charge on any atom is 0.0735 e. The Kier molecular flexibility index (Phi) is 1.87. The van der Waals surface area contributed by atoms with Gasteiger partial charge in [0.15, 0.2) is 0 Å². The van der Waals surface area contributed by atoms with Crippen LogP contribution in [-0.4, -0.2) is 0 Å². The highest BCUT2D eigenvalue weighted by Crippen LogP contribution is 2.28. The molecule has 0 atom stereocenters. The molecule has 1 aliphatic heterocycles. The molecule has 0 aromatic heterocycles. The van der Waals surface area contributed by atoms with Crippen molar-refractivity contribution in [1.29, 1.82) is 0 Å². The van der Waals surface area contributed by atoms with Crippen molar-refractivity contribution >= 4 is 25.3 Å². The van der Waals surface area contributed by atoms with Gasteiger partial charge < -0.3 is 4.74 Å². The molecule has 1 aliphatic rings. The maximum atomic E-state index is 5.27. The Balaban J connectivity index is 2.60. The minimum Gasteiger partial charge on any atom is -0.372 e. The van der Waals surface area contributed by atoms with Crippen LogP contribution in [0, 0.1) is 0 Å².